The van der Waals surface area contributed by atoms with E-state index in [1.54, 1.807) is 19.2 Å². The molecule has 6 heteroatoms. The van der Waals surface area contributed by atoms with Gasteiger partial charge in [0.15, 0.2) is 6.10 Å². The minimum Gasteiger partial charge on any atom is -0.378 e. The predicted molar refractivity (Wildman–Crippen MR) is 99.8 cm³/mol. The first-order chi connectivity index (χ1) is 13.0. The van der Waals surface area contributed by atoms with Crippen LogP contribution in [-0.4, -0.2) is 41.7 Å². The third-order valence-electron chi connectivity index (χ3n) is 6.73. The van der Waals surface area contributed by atoms with Gasteiger partial charge < -0.3 is 20.5 Å². The second-order valence-electron chi connectivity index (χ2n) is 8.56. The molecule has 1 spiro atoms. The molecule has 6 nitrogen and oxygen atoms in total. The van der Waals surface area contributed by atoms with Crippen molar-refractivity contribution in [3.63, 3.8) is 0 Å². The van der Waals surface area contributed by atoms with Crippen LogP contribution in [0.5, 0.6) is 0 Å². The van der Waals surface area contributed by atoms with E-state index in [0.29, 0.717) is 5.56 Å². The van der Waals surface area contributed by atoms with Crippen molar-refractivity contribution in [3.8, 4) is 0 Å². The molecule has 0 aromatic heterocycles. The Hall–Kier alpha value is -1.92. The van der Waals surface area contributed by atoms with Gasteiger partial charge in [-0.15, -0.1) is 0 Å². The van der Waals surface area contributed by atoms with Crippen molar-refractivity contribution in [1.82, 2.24) is 10.6 Å². The highest BCUT2D eigenvalue weighted by atomic mass is 16.5. The van der Waals surface area contributed by atoms with Gasteiger partial charge in [0.1, 0.15) is 5.60 Å². The number of benzene rings is 1. The smallest absolute Gasteiger partial charge is 0.253 e. The molecule has 3 saturated carbocycles. The highest BCUT2D eigenvalue weighted by molar-refractivity contribution is 5.86. The van der Waals surface area contributed by atoms with Crippen LogP contribution in [0.15, 0.2) is 30.3 Å². The quantitative estimate of drug-likeness (QED) is 0.711. The summed E-state index contributed by atoms with van der Waals surface area (Å²) in [6.07, 6.45) is 5.31. The van der Waals surface area contributed by atoms with Gasteiger partial charge in [0.05, 0.1) is 0 Å². The molecule has 27 heavy (non-hydrogen) atoms. The van der Waals surface area contributed by atoms with Gasteiger partial charge in [-0.2, -0.15) is 0 Å². The number of amides is 2. The van der Waals surface area contributed by atoms with E-state index in [4.69, 9.17) is 4.74 Å². The highest BCUT2D eigenvalue weighted by Gasteiger charge is 2.55. The fourth-order valence-corrected chi connectivity index (χ4v) is 4.91. The first-order valence-corrected chi connectivity index (χ1v) is 9.85. The summed E-state index contributed by atoms with van der Waals surface area (Å²) < 4.78 is 5.43. The average molecular weight is 372 g/mol. The van der Waals surface area contributed by atoms with Crippen molar-refractivity contribution >= 4 is 11.8 Å². The Bertz CT molecular complexity index is 697. The first-order valence-electron chi connectivity index (χ1n) is 9.85. The highest BCUT2D eigenvalue weighted by Crippen LogP contribution is 2.56. The van der Waals surface area contributed by atoms with Gasteiger partial charge in [-0.1, -0.05) is 30.3 Å². The average Bonchev–Trinajstić information content (AvgIpc) is 2.57. The van der Waals surface area contributed by atoms with E-state index in [2.05, 4.69) is 10.6 Å². The number of hydrogen-bond donors (Lipinski definition) is 3. The normalized spacial score (nSPS) is 31.8. The Morgan fingerprint density at radius 2 is 1.67 bits per heavy atom. The molecule has 4 rings (SSSR count). The van der Waals surface area contributed by atoms with Crippen molar-refractivity contribution in [2.24, 2.45) is 5.41 Å². The molecule has 0 heterocycles. The summed E-state index contributed by atoms with van der Waals surface area (Å²) in [7, 11) is 1.62. The lowest BCUT2D eigenvalue weighted by Crippen LogP contribution is -2.64. The van der Waals surface area contributed by atoms with Crippen LogP contribution in [0.1, 0.15) is 56.6 Å². The molecule has 2 amide bonds. The van der Waals surface area contributed by atoms with Crippen LogP contribution in [0.25, 0.3) is 0 Å². The molecule has 3 aliphatic carbocycles. The number of ether oxygens (including phenoxy) is 1. The monoisotopic (exact) mass is 372 g/mol. The van der Waals surface area contributed by atoms with Gasteiger partial charge in [-0.25, -0.2) is 0 Å². The number of aliphatic hydroxyl groups excluding tert-OH is 1. The summed E-state index contributed by atoms with van der Waals surface area (Å²) >= 11 is 0. The van der Waals surface area contributed by atoms with E-state index in [-0.39, 0.29) is 29.3 Å². The maximum Gasteiger partial charge on any atom is 0.253 e. The molecule has 0 saturated heterocycles. The third kappa shape index (κ3) is 3.36. The Morgan fingerprint density at radius 1 is 1.07 bits per heavy atom. The molecule has 0 radical (unpaired) electrons. The van der Waals surface area contributed by atoms with Crippen molar-refractivity contribution < 1.29 is 19.4 Å². The van der Waals surface area contributed by atoms with Crippen LogP contribution in [0, 0.1) is 5.41 Å². The minimum atomic E-state index is -1.12. The fraction of sp³-hybridized carbons (Fsp3) is 0.619. The Balaban J connectivity index is 1.19. The minimum absolute atomic E-state index is 0.0336. The third-order valence-corrected chi connectivity index (χ3v) is 6.73. The standard InChI is InChI=1S/C21H28N2O4/c1-27-21(8-5-9-21)19(26)23-16-12-20(13-16)10-15(11-20)22-18(25)17(24)14-6-3-2-4-7-14/h2-4,6-7,15-17,24H,5,8-13H2,1H3,(H,22,25)(H,23,26)/t15?,16?,17-,20?/m0/s1. The molecule has 3 aliphatic rings. The molecule has 146 valence electrons. The second-order valence-corrected chi connectivity index (χ2v) is 8.56. The fourth-order valence-electron chi connectivity index (χ4n) is 4.91. The van der Waals surface area contributed by atoms with Crippen LogP contribution in [-0.2, 0) is 14.3 Å². The lowest BCUT2D eigenvalue weighted by molar-refractivity contribution is -0.157. The zero-order valence-corrected chi connectivity index (χ0v) is 15.7. The lowest BCUT2D eigenvalue weighted by Gasteiger charge is -2.58. The van der Waals surface area contributed by atoms with Crippen LogP contribution in [0.3, 0.4) is 0 Å². The summed E-state index contributed by atoms with van der Waals surface area (Å²) in [5.41, 5.74) is 0.262. The number of rotatable bonds is 6. The van der Waals surface area contributed by atoms with E-state index in [9.17, 15) is 14.7 Å². The molecular weight excluding hydrogens is 344 g/mol. The first kappa shape index (κ1) is 18.4. The van der Waals surface area contributed by atoms with Gasteiger partial charge in [0, 0.05) is 19.2 Å². The van der Waals surface area contributed by atoms with Crippen LogP contribution >= 0.6 is 0 Å². The predicted octanol–water partition coefficient (Wildman–Crippen LogP) is 1.83. The van der Waals surface area contributed by atoms with Gasteiger partial charge in [-0.05, 0) is 55.9 Å². The molecule has 3 fully saturated rings. The molecule has 0 aliphatic heterocycles. The van der Waals surface area contributed by atoms with Crippen molar-refractivity contribution in [2.45, 2.75) is 68.7 Å². The maximum atomic E-state index is 12.4. The van der Waals surface area contributed by atoms with Gasteiger partial charge in [0.25, 0.3) is 11.8 Å². The van der Waals surface area contributed by atoms with Gasteiger partial charge >= 0.3 is 0 Å². The topological polar surface area (TPSA) is 87.7 Å². The Kier molecular flexibility index (Phi) is 4.72. The summed E-state index contributed by atoms with van der Waals surface area (Å²) in [6, 6.07) is 9.31. The van der Waals surface area contributed by atoms with Crippen LogP contribution in [0.2, 0.25) is 0 Å². The van der Waals surface area contributed by atoms with E-state index in [1.807, 2.05) is 18.2 Å². The molecular formula is C21H28N2O4. The zero-order chi connectivity index (χ0) is 19.1. The summed E-state index contributed by atoms with van der Waals surface area (Å²) in [4.78, 5) is 24.6. The van der Waals surface area contributed by atoms with E-state index in [0.717, 1.165) is 44.9 Å². The number of carbonyl (C=O) groups excluding carboxylic acids is 2. The van der Waals surface area contributed by atoms with E-state index < -0.39 is 11.7 Å². The van der Waals surface area contributed by atoms with Crippen LogP contribution in [0.4, 0.5) is 0 Å². The molecule has 0 bridgehead atoms. The Morgan fingerprint density at radius 3 is 2.19 bits per heavy atom. The largest absolute Gasteiger partial charge is 0.378 e. The zero-order valence-electron chi connectivity index (χ0n) is 15.7. The van der Waals surface area contributed by atoms with Crippen molar-refractivity contribution in [2.75, 3.05) is 7.11 Å². The van der Waals surface area contributed by atoms with E-state index in [1.165, 1.54) is 0 Å². The van der Waals surface area contributed by atoms with Gasteiger partial charge in [0.2, 0.25) is 0 Å². The summed E-state index contributed by atoms with van der Waals surface area (Å²) in [5, 5.41) is 16.2. The SMILES string of the molecule is COC1(C(=O)NC2CC3(CC(NC(=O)[C@@H](O)c4ccccc4)C3)C2)CCC1. The van der Waals surface area contributed by atoms with E-state index >= 15 is 0 Å². The number of hydrogen-bond acceptors (Lipinski definition) is 4. The van der Waals surface area contributed by atoms with Crippen molar-refractivity contribution in [1.29, 1.82) is 0 Å². The number of nitrogens with one attached hydrogen (secondary N) is 2. The molecule has 1 aromatic rings. The second kappa shape index (κ2) is 6.91. The van der Waals surface area contributed by atoms with Crippen LogP contribution < -0.4 is 10.6 Å². The summed E-state index contributed by atoms with van der Waals surface area (Å²) in [6.45, 7) is 0. The molecule has 0 unspecified atom stereocenters. The Labute approximate surface area is 159 Å². The van der Waals surface area contributed by atoms with Crippen molar-refractivity contribution in [3.05, 3.63) is 35.9 Å². The lowest BCUT2D eigenvalue weighted by atomic mass is 9.52. The van der Waals surface area contributed by atoms with Gasteiger partial charge in [-0.3, -0.25) is 9.59 Å². The number of aliphatic hydroxyl groups is 1. The molecule has 3 N–H and O–H groups in total. The molecule has 1 aromatic carbocycles. The molecule has 1 atom stereocenters. The number of methoxy groups -OCH3 is 1. The summed E-state index contributed by atoms with van der Waals surface area (Å²) in [5.74, 6) is -0.302. The number of carbonyl (C=O) groups is 2. The maximum absolute atomic E-state index is 12.4.